The quantitative estimate of drug-likeness (QED) is 0.874. The molecule has 1 amide bonds. The molecule has 1 atom stereocenters. The van der Waals surface area contributed by atoms with Gasteiger partial charge in [0.2, 0.25) is 0 Å². The monoisotopic (exact) mass is 247 g/mol. The number of aryl methyl sites for hydroxylation is 1. The van der Waals surface area contributed by atoms with Crippen molar-refractivity contribution in [3.63, 3.8) is 0 Å². The van der Waals surface area contributed by atoms with Crippen molar-refractivity contribution in [3.05, 3.63) is 53.1 Å². The molecule has 0 saturated carbocycles. The van der Waals surface area contributed by atoms with E-state index in [2.05, 4.69) is 15.5 Å². The first-order valence-corrected chi connectivity index (χ1v) is 5.63. The molecule has 0 spiro atoms. The number of carbonyl (C=O) groups excluding carboxylic acids is 1. The van der Waals surface area contributed by atoms with Crippen molar-refractivity contribution in [3.8, 4) is 0 Å². The van der Waals surface area contributed by atoms with Gasteiger partial charge >= 0.3 is 0 Å². The van der Waals surface area contributed by atoms with Gasteiger partial charge in [0.05, 0.1) is 12.2 Å². The van der Waals surface area contributed by atoms with Gasteiger partial charge in [-0.1, -0.05) is 6.07 Å². The van der Waals surface area contributed by atoms with Crippen molar-refractivity contribution in [1.29, 1.82) is 0 Å². The van der Waals surface area contributed by atoms with E-state index in [1.165, 1.54) is 6.07 Å². The molecule has 0 aliphatic rings. The largest absolute Gasteiger partial charge is 0.345 e. The van der Waals surface area contributed by atoms with Gasteiger partial charge < -0.3 is 5.32 Å². The highest BCUT2D eigenvalue weighted by Crippen LogP contribution is 2.13. The molecule has 0 radical (unpaired) electrons. The summed E-state index contributed by atoms with van der Waals surface area (Å²) in [4.78, 5) is 11.9. The molecule has 1 heterocycles. The molecule has 1 aromatic carbocycles. The highest BCUT2D eigenvalue weighted by molar-refractivity contribution is 5.94. The summed E-state index contributed by atoms with van der Waals surface area (Å²) in [6.07, 6.45) is 3.35. The average Bonchev–Trinajstić information content (AvgIpc) is 2.86. The topological polar surface area (TPSA) is 57.8 Å². The molecule has 5 heteroatoms. The summed E-state index contributed by atoms with van der Waals surface area (Å²) in [7, 11) is 0. The molecule has 2 N–H and O–H groups in total. The molecule has 0 aliphatic carbocycles. The minimum absolute atomic E-state index is 0.180. The van der Waals surface area contributed by atoms with E-state index in [1.807, 2.05) is 6.92 Å². The van der Waals surface area contributed by atoms with Crippen LogP contribution >= 0.6 is 0 Å². The number of aromatic nitrogens is 2. The van der Waals surface area contributed by atoms with Gasteiger partial charge in [-0.25, -0.2) is 4.39 Å². The van der Waals surface area contributed by atoms with Crippen molar-refractivity contribution in [2.75, 3.05) is 0 Å². The maximum Gasteiger partial charge on any atom is 0.251 e. The molecule has 0 bridgehead atoms. The molecule has 0 aliphatic heterocycles. The minimum Gasteiger partial charge on any atom is -0.345 e. The van der Waals surface area contributed by atoms with Crippen LogP contribution in [0.1, 0.15) is 34.5 Å². The van der Waals surface area contributed by atoms with E-state index < -0.39 is 0 Å². The van der Waals surface area contributed by atoms with E-state index >= 15 is 0 Å². The fourth-order valence-corrected chi connectivity index (χ4v) is 1.60. The minimum atomic E-state index is -0.376. The number of nitrogens with one attached hydrogen (secondary N) is 2. The number of hydrogen-bond donors (Lipinski definition) is 2. The molecule has 4 nitrogen and oxygen atoms in total. The van der Waals surface area contributed by atoms with E-state index in [4.69, 9.17) is 0 Å². The standard InChI is InChI=1S/C13H14FN3O/c1-8-3-4-10(5-12(8)14)13(18)17-9(2)11-6-15-16-7-11/h3-7,9H,1-2H3,(H,15,16)(H,17,18). The summed E-state index contributed by atoms with van der Waals surface area (Å²) < 4.78 is 13.4. The summed E-state index contributed by atoms with van der Waals surface area (Å²) in [5, 5.41) is 9.27. The number of carbonyl (C=O) groups is 1. The second-order valence-corrected chi connectivity index (χ2v) is 4.19. The van der Waals surface area contributed by atoms with Crippen molar-refractivity contribution in [2.24, 2.45) is 0 Å². The van der Waals surface area contributed by atoms with Crippen LogP contribution < -0.4 is 5.32 Å². The molecule has 0 fully saturated rings. The van der Waals surface area contributed by atoms with Crippen LogP contribution in [0, 0.1) is 12.7 Å². The summed E-state index contributed by atoms with van der Waals surface area (Å²) >= 11 is 0. The molecule has 2 aromatic rings. The summed E-state index contributed by atoms with van der Waals surface area (Å²) in [6, 6.07) is 4.26. The Morgan fingerprint density at radius 1 is 1.50 bits per heavy atom. The third-order valence-corrected chi connectivity index (χ3v) is 2.80. The highest BCUT2D eigenvalue weighted by atomic mass is 19.1. The van der Waals surface area contributed by atoms with Crippen LogP contribution in [0.15, 0.2) is 30.6 Å². The number of hydrogen-bond acceptors (Lipinski definition) is 2. The number of amides is 1. The van der Waals surface area contributed by atoms with Gasteiger partial charge in [-0.15, -0.1) is 0 Å². The fraction of sp³-hybridized carbons (Fsp3) is 0.231. The Labute approximate surface area is 104 Å². The highest BCUT2D eigenvalue weighted by Gasteiger charge is 2.13. The van der Waals surface area contributed by atoms with E-state index in [9.17, 15) is 9.18 Å². The fourth-order valence-electron chi connectivity index (χ4n) is 1.60. The van der Waals surface area contributed by atoms with Gasteiger partial charge in [-0.3, -0.25) is 9.89 Å². The van der Waals surface area contributed by atoms with Crippen molar-refractivity contribution in [1.82, 2.24) is 15.5 Å². The Morgan fingerprint density at radius 3 is 2.89 bits per heavy atom. The van der Waals surface area contributed by atoms with Crippen LogP contribution in [0.3, 0.4) is 0 Å². The second kappa shape index (κ2) is 5.00. The van der Waals surface area contributed by atoms with Gasteiger partial charge in [0.25, 0.3) is 5.91 Å². The van der Waals surface area contributed by atoms with Gasteiger partial charge in [-0.2, -0.15) is 5.10 Å². The second-order valence-electron chi connectivity index (χ2n) is 4.19. The van der Waals surface area contributed by atoms with Crippen LogP contribution in [0.2, 0.25) is 0 Å². The Morgan fingerprint density at radius 2 is 2.28 bits per heavy atom. The predicted molar refractivity (Wildman–Crippen MR) is 65.6 cm³/mol. The van der Waals surface area contributed by atoms with Gasteiger partial charge in [0, 0.05) is 17.3 Å². The molecular weight excluding hydrogens is 233 g/mol. The lowest BCUT2D eigenvalue weighted by Crippen LogP contribution is -2.26. The lowest BCUT2D eigenvalue weighted by molar-refractivity contribution is 0.0939. The Bertz CT molecular complexity index is 551. The third-order valence-electron chi connectivity index (χ3n) is 2.80. The zero-order valence-corrected chi connectivity index (χ0v) is 10.2. The zero-order chi connectivity index (χ0) is 13.1. The molecule has 2 rings (SSSR count). The number of rotatable bonds is 3. The first-order chi connectivity index (χ1) is 8.58. The summed E-state index contributed by atoms with van der Waals surface area (Å²) in [5.74, 6) is -0.679. The number of aromatic amines is 1. The van der Waals surface area contributed by atoms with Crippen LogP contribution in [-0.4, -0.2) is 16.1 Å². The lowest BCUT2D eigenvalue weighted by atomic mass is 10.1. The normalized spacial score (nSPS) is 12.2. The smallest absolute Gasteiger partial charge is 0.251 e. The maximum absolute atomic E-state index is 13.4. The van der Waals surface area contributed by atoms with E-state index in [-0.39, 0.29) is 17.8 Å². The average molecular weight is 247 g/mol. The molecular formula is C13H14FN3O. The summed E-state index contributed by atoms with van der Waals surface area (Å²) in [5.41, 5.74) is 1.71. The Balaban J connectivity index is 2.10. The molecule has 1 aromatic heterocycles. The lowest BCUT2D eigenvalue weighted by Gasteiger charge is -2.12. The number of H-pyrrole nitrogens is 1. The molecule has 18 heavy (non-hydrogen) atoms. The Kier molecular flexibility index (Phi) is 3.41. The van der Waals surface area contributed by atoms with Crippen molar-refractivity contribution in [2.45, 2.75) is 19.9 Å². The Hall–Kier alpha value is -2.17. The van der Waals surface area contributed by atoms with E-state index in [1.54, 1.807) is 31.5 Å². The predicted octanol–water partition coefficient (Wildman–Crippen LogP) is 2.35. The van der Waals surface area contributed by atoms with Crippen LogP contribution in [0.5, 0.6) is 0 Å². The first kappa shape index (κ1) is 12.3. The third kappa shape index (κ3) is 2.56. The van der Waals surface area contributed by atoms with Crippen molar-refractivity contribution >= 4 is 5.91 Å². The first-order valence-electron chi connectivity index (χ1n) is 5.63. The van der Waals surface area contributed by atoms with Crippen LogP contribution in [-0.2, 0) is 0 Å². The van der Waals surface area contributed by atoms with E-state index in [0.29, 0.717) is 11.1 Å². The number of benzene rings is 1. The SMILES string of the molecule is Cc1ccc(C(=O)NC(C)c2cn[nH]c2)cc1F. The summed E-state index contributed by atoms with van der Waals surface area (Å²) in [6.45, 7) is 3.50. The number of nitrogens with zero attached hydrogens (tertiary/aromatic N) is 1. The molecule has 0 saturated heterocycles. The van der Waals surface area contributed by atoms with Crippen LogP contribution in [0.25, 0.3) is 0 Å². The van der Waals surface area contributed by atoms with E-state index in [0.717, 1.165) is 5.56 Å². The number of halogens is 1. The van der Waals surface area contributed by atoms with Gasteiger partial charge in [0.15, 0.2) is 0 Å². The maximum atomic E-state index is 13.4. The van der Waals surface area contributed by atoms with Gasteiger partial charge in [-0.05, 0) is 31.5 Å². The molecule has 1 unspecified atom stereocenters. The van der Waals surface area contributed by atoms with Crippen LogP contribution in [0.4, 0.5) is 4.39 Å². The zero-order valence-electron chi connectivity index (χ0n) is 10.2. The van der Waals surface area contributed by atoms with Crippen molar-refractivity contribution < 1.29 is 9.18 Å². The van der Waals surface area contributed by atoms with Gasteiger partial charge in [0.1, 0.15) is 5.82 Å². The molecule has 94 valence electrons.